The molecule has 6 nitrogen and oxygen atoms in total. The number of nitrogens with zero attached hydrogens (tertiary/aromatic N) is 2. The van der Waals surface area contributed by atoms with Gasteiger partial charge in [0.1, 0.15) is 16.9 Å². The molecule has 1 fully saturated rings. The van der Waals surface area contributed by atoms with E-state index in [-0.39, 0.29) is 17.1 Å². The molecule has 134 valence electrons. The Hall–Kier alpha value is -1.99. The average Bonchev–Trinajstić information content (AvgIpc) is 3.19. The molecule has 7 heteroatoms. The summed E-state index contributed by atoms with van der Waals surface area (Å²) in [5.41, 5.74) is 0. The van der Waals surface area contributed by atoms with E-state index >= 15 is 0 Å². The van der Waals surface area contributed by atoms with Crippen LogP contribution in [0.25, 0.3) is 0 Å². The van der Waals surface area contributed by atoms with Crippen LogP contribution in [0.4, 0.5) is 0 Å². The number of Topliss-reactive ketones (excluding diaryl/α,β-unsaturated/α-hetero) is 1. The molecule has 2 unspecified atom stereocenters. The number of nitrogens with one attached hydrogen (secondary N) is 1. The molecule has 3 rings (SSSR count). The Bertz CT molecular complexity index is 655. The summed E-state index contributed by atoms with van der Waals surface area (Å²) < 4.78 is 13.0. The van der Waals surface area contributed by atoms with Gasteiger partial charge in [-0.1, -0.05) is 0 Å². The highest BCUT2D eigenvalue weighted by atomic mass is 32.2. The first-order valence-electron chi connectivity index (χ1n) is 8.37. The standard InChI is InChI=1S/C18H23N3O3S/c1-23-15-3-5-16(6-4-15)24-12-14(11-21-9-8-19-13-21)17(22)18-20-7-2-10-25-18/h3-6,8-9,13-14,18,20H,2,7,10-12H2,1H3. The van der Waals surface area contributed by atoms with Gasteiger partial charge in [-0.25, -0.2) is 4.98 Å². The van der Waals surface area contributed by atoms with Gasteiger partial charge >= 0.3 is 0 Å². The number of benzene rings is 1. The Morgan fingerprint density at radius 1 is 1.40 bits per heavy atom. The summed E-state index contributed by atoms with van der Waals surface area (Å²) in [4.78, 5) is 17.0. The number of rotatable bonds is 8. The SMILES string of the molecule is COc1ccc(OCC(Cn2ccnc2)C(=O)C2NCCCS2)cc1. The van der Waals surface area contributed by atoms with Gasteiger partial charge in [-0.2, -0.15) is 0 Å². The van der Waals surface area contributed by atoms with Crippen molar-refractivity contribution in [1.29, 1.82) is 0 Å². The van der Waals surface area contributed by atoms with Crippen LogP contribution in [0.2, 0.25) is 0 Å². The van der Waals surface area contributed by atoms with Crippen molar-refractivity contribution in [1.82, 2.24) is 14.9 Å². The molecule has 1 aromatic heterocycles. The van der Waals surface area contributed by atoms with Crippen LogP contribution in [0, 0.1) is 5.92 Å². The summed E-state index contributed by atoms with van der Waals surface area (Å²) in [5.74, 6) is 2.47. The van der Waals surface area contributed by atoms with Crippen LogP contribution >= 0.6 is 11.8 Å². The van der Waals surface area contributed by atoms with Gasteiger partial charge in [0.25, 0.3) is 0 Å². The smallest absolute Gasteiger partial charge is 0.168 e. The van der Waals surface area contributed by atoms with E-state index in [4.69, 9.17) is 9.47 Å². The number of hydrogen-bond acceptors (Lipinski definition) is 6. The molecule has 1 saturated heterocycles. The predicted molar refractivity (Wildman–Crippen MR) is 98.1 cm³/mol. The fourth-order valence-corrected chi connectivity index (χ4v) is 3.84. The molecule has 1 aliphatic heterocycles. The van der Waals surface area contributed by atoms with Crippen LogP contribution < -0.4 is 14.8 Å². The molecule has 25 heavy (non-hydrogen) atoms. The third kappa shape index (κ3) is 4.99. The lowest BCUT2D eigenvalue weighted by atomic mass is 10.0. The first-order chi connectivity index (χ1) is 12.3. The van der Waals surface area contributed by atoms with Crippen molar-refractivity contribution in [3.8, 4) is 11.5 Å². The molecule has 0 amide bonds. The second-order valence-electron chi connectivity index (χ2n) is 5.90. The van der Waals surface area contributed by atoms with Crippen molar-refractivity contribution in [2.75, 3.05) is 26.0 Å². The molecule has 0 bridgehead atoms. The van der Waals surface area contributed by atoms with Gasteiger partial charge in [0, 0.05) is 18.9 Å². The number of carbonyl (C=O) groups excluding carboxylic acids is 1. The minimum atomic E-state index is -0.237. The molecule has 0 saturated carbocycles. The van der Waals surface area contributed by atoms with E-state index in [9.17, 15) is 4.79 Å². The minimum absolute atomic E-state index is 0.151. The monoisotopic (exact) mass is 361 g/mol. The van der Waals surface area contributed by atoms with Crippen molar-refractivity contribution in [3.63, 3.8) is 0 Å². The molecule has 2 heterocycles. The Labute approximate surface area is 151 Å². The van der Waals surface area contributed by atoms with Gasteiger partial charge in [-0.3, -0.25) is 10.1 Å². The number of carbonyl (C=O) groups is 1. The summed E-state index contributed by atoms with van der Waals surface area (Å²) in [6.45, 7) is 1.79. The lowest BCUT2D eigenvalue weighted by Gasteiger charge is -2.26. The number of ether oxygens (including phenoxy) is 2. The number of ketones is 1. The summed E-state index contributed by atoms with van der Waals surface area (Å²) in [6.07, 6.45) is 6.42. The summed E-state index contributed by atoms with van der Waals surface area (Å²) >= 11 is 1.68. The third-order valence-electron chi connectivity index (χ3n) is 4.10. The molecule has 2 atom stereocenters. The van der Waals surface area contributed by atoms with Gasteiger partial charge in [0.05, 0.1) is 26.0 Å². The molecule has 0 radical (unpaired) electrons. The highest BCUT2D eigenvalue weighted by Crippen LogP contribution is 2.22. The van der Waals surface area contributed by atoms with E-state index in [0.717, 1.165) is 30.2 Å². The number of thioether (sulfide) groups is 1. The van der Waals surface area contributed by atoms with Gasteiger partial charge < -0.3 is 14.0 Å². The topological polar surface area (TPSA) is 65.4 Å². The van der Waals surface area contributed by atoms with Crippen molar-refractivity contribution in [2.24, 2.45) is 5.92 Å². The first kappa shape index (κ1) is 17.8. The summed E-state index contributed by atoms with van der Waals surface area (Å²) in [5, 5.41) is 3.16. The molecular formula is C18H23N3O3S. The fraction of sp³-hybridized carbons (Fsp3) is 0.444. The number of methoxy groups -OCH3 is 1. The zero-order valence-corrected chi connectivity index (χ0v) is 15.1. The van der Waals surface area contributed by atoms with Crippen LogP contribution in [0.5, 0.6) is 11.5 Å². The normalized spacial score (nSPS) is 18.5. The van der Waals surface area contributed by atoms with E-state index in [0.29, 0.717) is 13.2 Å². The van der Waals surface area contributed by atoms with E-state index in [2.05, 4.69) is 10.3 Å². The van der Waals surface area contributed by atoms with Gasteiger partial charge in [0.15, 0.2) is 5.78 Å². The van der Waals surface area contributed by atoms with Crippen molar-refractivity contribution >= 4 is 17.5 Å². The van der Waals surface area contributed by atoms with Gasteiger partial charge in [-0.15, -0.1) is 11.8 Å². The Kier molecular flexibility index (Phi) is 6.36. The maximum Gasteiger partial charge on any atom is 0.168 e. The molecule has 0 aliphatic carbocycles. The lowest BCUT2D eigenvalue weighted by molar-refractivity contribution is -0.124. The molecule has 1 N–H and O–H groups in total. The van der Waals surface area contributed by atoms with Crippen LogP contribution in [0.15, 0.2) is 43.0 Å². The third-order valence-corrected chi connectivity index (χ3v) is 5.35. The number of hydrogen-bond donors (Lipinski definition) is 1. The zero-order chi connectivity index (χ0) is 17.5. The second kappa shape index (κ2) is 8.92. The Balaban J connectivity index is 1.65. The highest BCUT2D eigenvalue weighted by Gasteiger charge is 2.29. The molecule has 0 spiro atoms. The average molecular weight is 361 g/mol. The predicted octanol–water partition coefficient (Wildman–Crippen LogP) is 2.21. The zero-order valence-electron chi connectivity index (χ0n) is 14.3. The summed E-state index contributed by atoms with van der Waals surface area (Å²) in [7, 11) is 1.63. The Morgan fingerprint density at radius 2 is 2.20 bits per heavy atom. The van der Waals surface area contributed by atoms with E-state index in [1.165, 1.54) is 0 Å². The Morgan fingerprint density at radius 3 is 2.84 bits per heavy atom. The maximum atomic E-state index is 12.9. The largest absolute Gasteiger partial charge is 0.497 e. The van der Waals surface area contributed by atoms with E-state index in [1.807, 2.05) is 35.0 Å². The second-order valence-corrected chi connectivity index (χ2v) is 7.12. The van der Waals surface area contributed by atoms with E-state index in [1.54, 1.807) is 31.4 Å². The summed E-state index contributed by atoms with van der Waals surface area (Å²) in [6, 6.07) is 7.40. The minimum Gasteiger partial charge on any atom is -0.497 e. The molecule has 1 aliphatic rings. The van der Waals surface area contributed by atoms with Crippen LogP contribution in [0.3, 0.4) is 0 Å². The van der Waals surface area contributed by atoms with Gasteiger partial charge in [-0.05, 0) is 43.0 Å². The van der Waals surface area contributed by atoms with Crippen LogP contribution in [-0.4, -0.2) is 46.7 Å². The fourth-order valence-electron chi connectivity index (χ4n) is 2.71. The van der Waals surface area contributed by atoms with Crippen molar-refractivity contribution < 1.29 is 14.3 Å². The quantitative estimate of drug-likeness (QED) is 0.778. The van der Waals surface area contributed by atoms with Gasteiger partial charge in [0.2, 0.25) is 0 Å². The van der Waals surface area contributed by atoms with Crippen molar-refractivity contribution in [2.45, 2.75) is 18.3 Å². The molecule has 2 aromatic rings. The molecular weight excluding hydrogens is 338 g/mol. The van der Waals surface area contributed by atoms with Crippen LogP contribution in [0.1, 0.15) is 6.42 Å². The lowest BCUT2D eigenvalue weighted by Crippen LogP contribution is -2.43. The van der Waals surface area contributed by atoms with E-state index < -0.39 is 0 Å². The number of aromatic nitrogens is 2. The highest BCUT2D eigenvalue weighted by molar-refractivity contribution is 8.00. The van der Waals surface area contributed by atoms with Crippen LogP contribution in [-0.2, 0) is 11.3 Å². The maximum absolute atomic E-state index is 12.9. The number of imidazole rings is 1. The van der Waals surface area contributed by atoms with Crippen molar-refractivity contribution in [3.05, 3.63) is 43.0 Å². The first-order valence-corrected chi connectivity index (χ1v) is 9.42. The molecule has 1 aromatic carbocycles.